The molecule has 0 aliphatic heterocycles. The zero-order valence-corrected chi connectivity index (χ0v) is 15.2. The Morgan fingerprint density at radius 3 is 2.83 bits per heavy atom. The predicted octanol–water partition coefficient (Wildman–Crippen LogP) is 1.69. The number of hydrogen-bond donors (Lipinski definition) is 1. The zero-order valence-electron chi connectivity index (χ0n) is 13.6. The van der Waals surface area contributed by atoms with Crippen molar-refractivity contribution in [1.29, 1.82) is 0 Å². The molecule has 23 heavy (non-hydrogen) atoms. The lowest BCUT2D eigenvalue weighted by Gasteiger charge is -2.17. The first kappa shape index (κ1) is 18.2. The minimum atomic E-state index is -0.274. The number of aromatic nitrogens is 2. The number of rotatable bonds is 9. The van der Waals surface area contributed by atoms with Crippen LogP contribution in [0.15, 0.2) is 4.34 Å². The number of hydrogen-bond acceptors (Lipinski definition) is 7. The summed E-state index contributed by atoms with van der Waals surface area (Å²) in [4.78, 5) is 25.8. The van der Waals surface area contributed by atoms with E-state index in [9.17, 15) is 9.59 Å². The zero-order chi connectivity index (χ0) is 16.8. The van der Waals surface area contributed by atoms with Gasteiger partial charge >= 0.3 is 0 Å². The first-order chi connectivity index (χ1) is 11.1. The Labute approximate surface area is 144 Å². The van der Waals surface area contributed by atoms with E-state index in [4.69, 9.17) is 4.74 Å². The van der Waals surface area contributed by atoms with Gasteiger partial charge in [-0.25, -0.2) is 0 Å². The van der Waals surface area contributed by atoms with Crippen molar-refractivity contribution in [1.82, 2.24) is 15.5 Å². The van der Waals surface area contributed by atoms with E-state index in [0.29, 0.717) is 29.0 Å². The first-order valence-corrected chi connectivity index (χ1v) is 9.35. The van der Waals surface area contributed by atoms with Crippen molar-refractivity contribution in [2.75, 3.05) is 25.2 Å². The number of amides is 2. The molecule has 1 saturated carbocycles. The van der Waals surface area contributed by atoms with Crippen LogP contribution in [0.5, 0.6) is 0 Å². The third-order valence-corrected chi connectivity index (χ3v) is 5.44. The van der Waals surface area contributed by atoms with Gasteiger partial charge in [0.2, 0.25) is 16.9 Å². The van der Waals surface area contributed by atoms with Crippen molar-refractivity contribution in [3.8, 4) is 0 Å². The molecule has 1 aliphatic rings. The molecule has 0 saturated heterocycles. The molecule has 1 N–H and O–H groups in total. The summed E-state index contributed by atoms with van der Waals surface area (Å²) in [5.74, 6) is 0.0121. The molecule has 2 amide bonds. The average molecular weight is 358 g/mol. The van der Waals surface area contributed by atoms with Gasteiger partial charge in [-0.3, -0.25) is 14.5 Å². The number of methoxy groups -OCH3 is 1. The van der Waals surface area contributed by atoms with Crippen LogP contribution in [-0.2, 0) is 14.3 Å². The van der Waals surface area contributed by atoms with E-state index < -0.39 is 0 Å². The molecule has 1 aromatic rings. The number of carbonyl (C=O) groups is 2. The van der Waals surface area contributed by atoms with E-state index in [0.717, 1.165) is 12.8 Å². The van der Waals surface area contributed by atoms with Gasteiger partial charge in [0.05, 0.1) is 11.9 Å². The molecule has 1 atom stereocenters. The van der Waals surface area contributed by atoms with Crippen LogP contribution in [0.25, 0.3) is 0 Å². The van der Waals surface area contributed by atoms with Crippen LogP contribution >= 0.6 is 23.1 Å². The number of carbonyl (C=O) groups excluding carboxylic acids is 2. The van der Waals surface area contributed by atoms with Crippen LogP contribution in [0, 0.1) is 0 Å². The predicted molar refractivity (Wildman–Crippen MR) is 90.9 cm³/mol. The van der Waals surface area contributed by atoms with Crippen LogP contribution in [0.4, 0.5) is 5.13 Å². The fraction of sp³-hybridized carbons (Fsp3) is 0.714. The van der Waals surface area contributed by atoms with Gasteiger partial charge in [-0.15, -0.1) is 10.2 Å². The molecular weight excluding hydrogens is 336 g/mol. The van der Waals surface area contributed by atoms with Gasteiger partial charge in [0.15, 0.2) is 4.34 Å². The minimum absolute atomic E-state index is 0.0625. The molecule has 1 heterocycles. The summed E-state index contributed by atoms with van der Waals surface area (Å²) >= 11 is 2.72. The first-order valence-electron chi connectivity index (χ1n) is 7.65. The van der Waals surface area contributed by atoms with E-state index in [1.54, 1.807) is 12.0 Å². The number of nitrogens with zero attached hydrogens (tertiary/aromatic N) is 3. The van der Waals surface area contributed by atoms with Crippen molar-refractivity contribution in [2.45, 2.75) is 48.7 Å². The van der Waals surface area contributed by atoms with Crippen molar-refractivity contribution in [3.63, 3.8) is 0 Å². The second-order valence-corrected chi connectivity index (χ2v) is 7.79. The molecule has 0 aromatic carbocycles. The van der Waals surface area contributed by atoms with E-state index in [1.165, 1.54) is 23.1 Å². The lowest BCUT2D eigenvalue weighted by Crippen LogP contribution is -2.33. The third kappa shape index (κ3) is 5.15. The molecule has 1 fully saturated rings. The summed E-state index contributed by atoms with van der Waals surface area (Å²) in [6.45, 7) is 4.65. The molecule has 1 aromatic heterocycles. The van der Waals surface area contributed by atoms with E-state index in [2.05, 4.69) is 15.5 Å². The average Bonchev–Trinajstić information content (AvgIpc) is 3.27. The summed E-state index contributed by atoms with van der Waals surface area (Å²) in [5.41, 5.74) is 0. The smallest absolute Gasteiger partial charge is 0.233 e. The molecule has 0 bridgehead atoms. The Hall–Kier alpha value is -1.19. The Kier molecular flexibility index (Phi) is 6.79. The maximum absolute atomic E-state index is 12.1. The molecule has 0 spiro atoms. The minimum Gasteiger partial charge on any atom is -0.383 e. The van der Waals surface area contributed by atoms with Crippen LogP contribution in [-0.4, -0.2) is 53.6 Å². The van der Waals surface area contributed by atoms with Gasteiger partial charge in [-0.05, 0) is 19.8 Å². The highest BCUT2D eigenvalue weighted by atomic mass is 32.2. The number of nitrogens with one attached hydrogen (secondary N) is 1. The molecule has 9 heteroatoms. The van der Waals surface area contributed by atoms with E-state index in [-0.39, 0.29) is 23.1 Å². The second-order valence-electron chi connectivity index (χ2n) is 5.24. The maximum Gasteiger partial charge on any atom is 0.233 e. The maximum atomic E-state index is 12.1. The summed E-state index contributed by atoms with van der Waals surface area (Å²) in [6, 6.07) is 0.267. The van der Waals surface area contributed by atoms with Gasteiger partial charge in [-0.2, -0.15) is 0 Å². The molecule has 7 nitrogen and oxygen atoms in total. The largest absolute Gasteiger partial charge is 0.383 e. The van der Waals surface area contributed by atoms with Crippen LogP contribution in [0.1, 0.15) is 33.1 Å². The Bertz CT molecular complexity index is 548. The van der Waals surface area contributed by atoms with Crippen molar-refractivity contribution in [3.05, 3.63) is 0 Å². The van der Waals surface area contributed by atoms with Crippen molar-refractivity contribution < 1.29 is 14.3 Å². The topological polar surface area (TPSA) is 84.4 Å². The van der Waals surface area contributed by atoms with Crippen LogP contribution in [0.2, 0.25) is 0 Å². The van der Waals surface area contributed by atoms with Crippen molar-refractivity contribution >= 4 is 40.0 Å². The fourth-order valence-electron chi connectivity index (χ4n) is 1.94. The summed E-state index contributed by atoms with van der Waals surface area (Å²) in [5, 5.41) is 11.4. The van der Waals surface area contributed by atoms with Gasteiger partial charge < -0.3 is 10.1 Å². The van der Waals surface area contributed by atoms with Crippen molar-refractivity contribution in [2.24, 2.45) is 0 Å². The second kappa shape index (κ2) is 8.60. The molecule has 128 valence electrons. The Balaban J connectivity index is 1.93. The lowest BCUT2D eigenvalue weighted by atomic mass is 10.4. The highest BCUT2D eigenvalue weighted by Crippen LogP contribution is 2.37. The molecular formula is C14H22N4O3S2. The van der Waals surface area contributed by atoms with Gasteiger partial charge in [0, 0.05) is 26.1 Å². The summed E-state index contributed by atoms with van der Waals surface area (Å²) in [6.07, 6.45) is 2.50. The van der Waals surface area contributed by atoms with E-state index >= 15 is 0 Å². The van der Waals surface area contributed by atoms with E-state index in [1.807, 2.05) is 13.8 Å². The Morgan fingerprint density at radius 1 is 1.48 bits per heavy atom. The third-order valence-electron chi connectivity index (χ3n) is 3.34. The summed E-state index contributed by atoms with van der Waals surface area (Å²) < 4.78 is 5.60. The monoisotopic (exact) mass is 358 g/mol. The standard InChI is InChI=1S/C14H22N4O3S2/c1-4-11(19)18(10-5-6-10)13-16-17-14(23-13)22-9(2)12(20)15-7-8-21-3/h9-10H,4-8H2,1-3H3,(H,15,20)/t9-/m1/s1. The van der Waals surface area contributed by atoms with Gasteiger partial charge in [0.25, 0.3) is 0 Å². The molecule has 1 aliphatic carbocycles. The lowest BCUT2D eigenvalue weighted by molar-refractivity contribution is -0.120. The quantitative estimate of drug-likeness (QED) is 0.411. The normalized spacial score (nSPS) is 15.3. The molecule has 2 rings (SSSR count). The highest BCUT2D eigenvalue weighted by Gasteiger charge is 2.35. The highest BCUT2D eigenvalue weighted by molar-refractivity contribution is 8.02. The number of anilines is 1. The number of thioether (sulfide) groups is 1. The SMILES string of the molecule is CCC(=O)N(c1nnc(S[C@H](C)C(=O)NCCOC)s1)C1CC1. The molecule has 0 radical (unpaired) electrons. The molecule has 0 unspecified atom stereocenters. The van der Waals surface area contributed by atoms with Gasteiger partial charge in [-0.1, -0.05) is 30.0 Å². The number of ether oxygens (including phenoxy) is 1. The van der Waals surface area contributed by atoms with Crippen LogP contribution < -0.4 is 10.2 Å². The van der Waals surface area contributed by atoms with Crippen LogP contribution in [0.3, 0.4) is 0 Å². The van der Waals surface area contributed by atoms with Gasteiger partial charge in [0.1, 0.15) is 0 Å². The fourth-order valence-corrected chi connectivity index (χ4v) is 4.04. The summed E-state index contributed by atoms with van der Waals surface area (Å²) in [7, 11) is 1.59. The Morgan fingerprint density at radius 2 is 2.22 bits per heavy atom.